The van der Waals surface area contributed by atoms with E-state index in [0.29, 0.717) is 6.10 Å². The van der Waals surface area contributed by atoms with Crippen molar-refractivity contribution in [2.45, 2.75) is 92.8 Å². The summed E-state index contributed by atoms with van der Waals surface area (Å²) in [6.07, 6.45) is 0.888. The van der Waals surface area contributed by atoms with Crippen molar-refractivity contribution in [1.29, 1.82) is 0 Å². The second-order valence-electron chi connectivity index (χ2n) is 5.82. The van der Waals surface area contributed by atoms with Crippen molar-refractivity contribution < 1.29 is 17.7 Å². The maximum absolute atomic E-state index is 5.90. The Balaban J connectivity index is 0. The Morgan fingerprint density at radius 2 is 0.950 bits per heavy atom. The molecule has 0 unspecified atom stereocenters. The third-order valence-electron chi connectivity index (χ3n) is 2.15. The van der Waals surface area contributed by atoms with Gasteiger partial charge in [-0.15, -0.1) is 0 Å². The summed E-state index contributed by atoms with van der Waals surface area (Å²) in [6, 6.07) is 0.821. The fraction of sp³-hybridized carbons (Fsp3) is 1.00. The van der Waals surface area contributed by atoms with Crippen LogP contribution >= 0.6 is 0 Å². The molecule has 124 valence electrons. The highest BCUT2D eigenvalue weighted by Crippen LogP contribution is 2.21. The maximum atomic E-state index is 5.90. The van der Waals surface area contributed by atoms with Gasteiger partial charge in [-0.25, -0.2) is 0 Å². The Hall–Kier alpha value is 0.274. The molecule has 0 aromatic rings. The molecule has 0 N–H and O–H groups in total. The zero-order chi connectivity index (χ0) is 16.3. The van der Waals surface area contributed by atoms with Crippen molar-refractivity contribution >= 4 is 19.3 Å². The Morgan fingerprint density at radius 1 is 0.700 bits per heavy atom. The predicted molar refractivity (Wildman–Crippen MR) is 91.1 cm³/mol. The lowest BCUT2D eigenvalue weighted by Crippen LogP contribution is -2.50. The summed E-state index contributed by atoms with van der Waals surface area (Å²) in [5.41, 5.74) is 0. The SMILES string of the molecule is CC(C)O[SiH3].CC[Si](OC(C)C)(OC(C)C)OC(C)C. The highest BCUT2D eigenvalue weighted by Gasteiger charge is 2.42. The second kappa shape index (κ2) is 11.9. The molecule has 0 bridgehead atoms. The van der Waals surface area contributed by atoms with Gasteiger partial charge in [0.05, 0.1) is 0 Å². The van der Waals surface area contributed by atoms with Gasteiger partial charge in [-0.05, 0) is 55.4 Å². The van der Waals surface area contributed by atoms with Crippen molar-refractivity contribution in [2.75, 3.05) is 0 Å². The van der Waals surface area contributed by atoms with E-state index >= 15 is 0 Å². The molecule has 4 nitrogen and oxygen atoms in total. The van der Waals surface area contributed by atoms with Gasteiger partial charge in [0.25, 0.3) is 0 Å². The van der Waals surface area contributed by atoms with Gasteiger partial charge in [0, 0.05) is 30.5 Å². The van der Waals surface area contributed by atoms with Gasteiger partial charge in [-0.2, -0.15) is 0 Å². The summed E-state index contributed by atoms with van der Waals surface area (Å²) in [5.74, 6) is 0. The van der Waals surface area contributed by atoms with Crippen molar-refractivity contribution in [3.8, 4) is 0 Å². The molecule has 6 heteroatoms. The van der Waals surface area contributed by atoms with E-state index in [9.17, 15) is 0 Å². The zero-order valence-corrected chi connectivity index (χ0v) is 18.1. The molecule has 0 spiro atoms. The largest absolute Gasteiger partial charge is 0.501 e. The fourth-order valence-electron chi connectivity index (χ4n) is 1.41. The molecule has 0 radical (unpaired) electrons. The van der Waals surface area contributed by atoms with Gasteiger partial charge in [0.15, 0.2) is 0 Å². The lowest BCUT2D eigenvalue weighted by atomic mass is 10.5. The summed E-state index contributed by atoms with van der Waals surface area (Å²) in [4.78, 5) is 0. The van der Waals surface area contributed by atoms with E-state index in [-0.39, 0.29) is 18.3 Å². The van der Waals surface area contributed by atoms with Crippen molar-refractivity contribution in [1.82, 2.24) is 0 Å². The molecular weight excluding hydrogens is 288 g/mol. The topological polar surface area (TPSA) is 36.9 Å². The van der Waals surface area contributed by atoms with Crippen LogP contribution in [0.4, 0.5) is 0 Å². The van der Waals surface area contributed by atoms with Crippen LogP contribution in [0.3, 0.4) is 0 Å². The van der Waals surface area contributed by atoms with Gasteiger partial charge in [0.2, 0.25) is 0 Å². The smallest absolute Gasteiger partial charge is 0.426 e. The quantitative estimate of drug-likeness (QED) is 0.643. The van der Waals surface area contributed by atoms with Gasteiger partial charge in [-0.3, -0.25) is 0 Å². The van der Waals surface area contributed by atoms with E-state index in [1.165, 1.54) is 0 Å². The first-order valence-electron chi connectivity index (χ1n) is 7.64. The zero-order valence-electron chi connectivity index (χ0n) is 15.1. The van der Waals surface area contributed by atoms with Crippen LogP contribution in [0, 0.1) is 0 Å². The minimum atomic E-state index is -2.46. The molecule has 0 atom stereocenters. The Morgan fingerprint density at radius 3 is 1.05 bits per heavy atom. The van der Waals surface area contributed by atoms with Crippen LogP contribution in [0.25, 0.3) is 0 Å². The Bertz CT molecular complexity index is 195. The molecule has 0 saturated carbocycles. The van der Waals surface area contributed by atoms with E-state index in [2.05, 4.69) is 6.92 Å². The Kier molecular flexibility index (Phi) is 13.4. The number of hydrogen-bond donors (Lipinski definition) is 0. The monoisotopic (exact) mass is 324 g/mol. The van der Waals surface area contributed by atoms with E-state index in [4.69, 9.17) is 17.7 Å². The van der Waals surface area contributed by atoms with E-state index in [1.807, 2.05) is 55.4 Å². The second-order valence-corrected chi connectivity index (χ2v) is 9.07. The summed E-state index contributed by atoms with van der Waals surface area (Å²) in [6.45, 7) is 18.3. The first-order valence-corrected chi connectivity index (χ1v) is 10.4. The molecule has 0 heterocycles. The van der Waals surface area contributed by atoms with Crippen LogP contribution in [0.5, 0.6) is 0 Å². The number of hydrogen-bond acceptors (Lipinski definition) is 4. The maximum Gasteiger partial charge on any atom is 0.501 e. The third kappa shape index (κ3) is 13.3. The predicted octanol–water partition coefficient (Wildman–Crippen LogP) is 2.91. The normalized spacial score (nSPS) is 12.4. The molecule has 0 aromatic heterocycles. The highest BCUT2D eigenvalue weighted by atomic mass is 28.4. The van der Waals surface area contributed by atoms with Crippen LogP contribution in [0.15, 0.2) is 0 Å². The van der Waals surface area contributed by atoms with Gasteiger partial charge >= 0.3 is 8.80 Å². The lowest BCUT2D eigenvalue weighted by Gasteiger charge is -2.33. The van der Waals surface area contributed by atoms with Gasteiger partial charge < -0.3 is 17.7 Å². The lowest BCUT2D eigenvalue weighted by molar-refractivity contribution is 0.00418. The summed E-state index contributed by atoms with van der Waals surface area (Å²) >= 11 is 0. The van der Waals surface area contributed by atoms with Crippen molar-refractivity contribution in [3.63, 3.8) is 0 Å². The fourth-order valence-corrected chi connectivity index (χ4v) is 4.23. The Labute approximate surface area is 130 Å². The van der Waals surface area contributed by atoms with Gasteiger partial charge in [0.1, 0.15) is 10.5 Å². The molecule has 0 aliphatic heterocycles. The average molecular weight is 325 g/mol. The van der Waals surface area contributed by atoms with Crippen LogP contribution in [-0.4, -0.2) is 43.7 Å². The van der Waals surface area contributed by atoms with Crippen molar-refractivity contribution in [3.05, 3.63) is 0 Å². The molecule has 0 saturated heterocycles. The number of rotatable bonds is 8. The average Bonchev–Trinajstić information content (AvgIpc) is 2.26. The van der Waals surface area contributed by atoms with Crippen LogP contribution in [0.1, 0.15) is 62.3 Å². The molecule has 0 aliphatic carbocycles. The molecule has 0 aromatic carbocycles. The molecule has 0 amide bonds. The summed E-state index contributed by atoms with van der Waals surface area (Å²) < 4.78 is 22.6. The molecule has 0 rings (SSSR count). The molecule has 0 aliphatic rings. The minimum Gasteiger partial charge on any atom is -0.426 e. The summed E-state index contributed by atoms with van der Waals surface area (Å²) in [5, 5.41) is 0. The van der Waals surface area contributed by atoms with Crippen LogP contribution < -0.4 is 0 Å². The molecule has 20 heavy (non-hydrogen) atoms. The van der Waals surface area contributed by atoms with E-state index in [0.717, 1.165) is 16.5 Å². The standard InChI is InChI=1S/C11H26O3Si.C3H10OSi/c1-8-15(12-9(2)3,13-10(4)5)14-11(6)7;1-3(2)4-5/h9-11H,8H2,1-7H3;3H,1-2,5H3. The first-order chi connectivity index (χ1) is 9.08. The molecular formula is C14H36O4Si2. The minimum absolute atomic E-state index is 0.147. The summed E-state index contributed by atoms with van der Waals surface area (Å²) in [7, 11) is -1.59. The molecule has 0 fully saturated rings. The third-order valence-corrected chi connectivity index (χ3v) is 6.45. The van der Waals surface area contributed by atoms with Crippen LogP contribution in [0.2, 0.25) is 6.04 Å². The first kappa shape index (κ1) is 22.6. The van der Waals surface area contributed by atoms with Crippen LogP contribution in [-0.2, 0) is 17.7 Å². The van der Waals surface area contributed by atoms with Crippen molar-refractivity contribution in [2.24, 2.45) is 0 Å². The van der Waals surface area contributed by atoms with E-state index in [1.54, 1.807) is 0 Å². The van der Waals surface area contributed by atoms with E-state index < -0.39 is 8.80 Å². The van der Waals surface area contributed by atoms with Gasteiger partial charge in [-0.1, -0.05) is 6.92 Å². The highest BCUT2D eigenvalue weighted by molar-refractivity contribution is 6.60.